The van der Waals surface area contributed by atoms with Crippen LogP contribution in [0.15, 0.2) is 34.9 Å². The number of ketones is 2. The minimum absolute atomic E-state index is 0.0360. The van der Waals surface area contributed by atoms with E-state index in [1.165, 1.54) is 18.1 Å². The van der Waals surface area contributed by atoms with Gasteiger partial charge in [-0.25, -0.2) is 0 Å². The van der Waals surface area contributed by atoms with Gasteiger partial charge in [0.2, 0.25) is 0 Å². The lowest BCUT2D eigenvalue weighted by molar-refractivity contribution is -0.180. The number of fused-ring (bicyclic) bond motifs is 5. The summed E-state index contributed by atoms with van der Waals surface area (Å²) in [5, 5.41) is 0. The molecule has 0 aromatic rings. The molecule has 0 radical (unpaired) electrons. The van der Waals surface area contributed by atoms with Crippen LogP contribution in [0.25, 0.3) is 0 Å². The number of Topliss-reactive ketones (excluding diaryl/α,β-unsaturated/α-hetero) is 1. The molecular formula is C24H30O4. The second-order valence-corrected chi connectivity index (χ2v) is 9.61. The maximum absolute atomic E-state index is 12.7. The second kappa shape index (κ2) is 6.01. The van der Waals surface area contributed by atoms with Crippen LogP contribution in [-0.4, -0.2) is 23.1 Å². The van der Waals surface area contributed by atoms with Crippen molar-refractivity contribution in [2.45, 2.75) is 72.3 Å². The lowest BCUT2D eigenvalue weighted by atomic mass is 9.51. The molecule has 0 spiro atoms. The van der Waals surface area contributed by atoms with E-state index in [-0.39, 0.29) is 28.4 Å². The summed E-state index contributed by atoms with van der Waals surface area (Å²) in [7, 11) is 0. The van der Waals surface area contributed by atoms with Gasteiger partial charge in [-0.3, -0.25) is 14.4 Å². The van der Waals surface area contributed by atoms with Crippen LogP contribution < -0.4 is 0 Å². The van der Waals surface area contributed by atoms with Crippen LogP contribution >= 0.6 is 0 Å². The van der Waals surface area contributed by atoms with E-state index in [0.717, 1.165) is 31.3 Å². The summed E-state index contributed by atoms with van der Waals surface area (Å²) in [6, 6.07) is 0. The molecule has 4 aliphatic carbocycles. The fourth-order valence-electron chi connectivity index (χ4n) is 6.86. The standard InChI is InChI=1S/C24H30O4/c1-14-13-22(4)17(12-21(14)27)6-7-18-19(22)8-10-23(5)20(18)9-11-24(23,15(2)25)28-16(3)26/h8,12-13,18,20H,6-7,9-11H2,1-5H3/t18-,20+,22+,23+,24+/m1/s1. The molecule has 4 rings (SSSR count). The number of allylic oxidation sites excluding steroid dienone is 6. The highest BCUT2D eigenvalue weighted by molar-refractivity contribution is 6.05. The zero-order valence-electron chi connectivity index (χ0n) is 17.6. The Morgan fingerprint density at radius 3 is 2.54 bits per heavy atom. The number of rotatable bonds is 2. The van der Waals surface area contributed by atoms with Crippen molar-refractivity contribution in [1.82, 2.24) is 0 Å². The average Bonchev–Trinajstić information content (AvgIpc) is 2.89. The molecule has 0 heterocycles. The lowest BCUT2D eigenvalue weighted by Crippen LogP contribution is -2.56. The molecule has 0 bridgehead atoms. The minimum atomic E-state index is -1.02. The zero-order chi connectivity index (χ0) is 20.5. The summed E-state index contributed by atoms with van der Waals surface area (Å²) in [5.41, 5.74) is 1.82. The lowest BCUT2D eigenvalue weighted by Gasteiger charge is -2.54. The third-order valence-electron chi connectivity index (χ3n) is 8.26. The average molecular weight is 383 g/mol. The third-order valence-corrected chi connectivity index (χ3v) is 8.26. The number of ether oxygens (including phenoxy) is 1. The molecule has 150 valence electrons. The van der Waals surface area contributed by atoms with E-state index in [1.807, 2.05) is 13.0 Å². The van der Waals surface area contributed by atoms with Gasteiger partial charge in [0.25, 0.3) is 0 Å². The van der Waals surface area contributed by atoms with E-state index in [9.17, 15) is 14.4 Å². The summed E-state index contributed by atoms with van der Waals surface area (Å²) in [4.78, 5) is 36.8. The SMILES string of the molecule is CC(=O)O[C@]1(C(C)=O)CC[C@H]2[C@@H]3CCC4=CC(=O)C(C)=C[C@]4(C)C3=CC[C@@]21C. The Labute approximate surface area is 167 Å². The molecule has 2 saturated carbocycles. The molecule has 0 aliphatic heterocycles. The summed E-state index contributed by atoms with van der Waals surface area (Å²) >= 11 is 0. The number of esters is 1. The van der Waals surface area contributed by atoms with Crippen molar-refractivity contribution in [3.8, 4) is 0 Å². The highest BCUT2D eigenvalue weighted by Gasteiger charge is 2.66. The van der Waals surface area contributed by atoms with E-state index in [2.05, 4.69) is 26.0 Å². The molecular weight excluding hydrogens is 352 g/mol. The second-order valence-electron chi connectivity index (χ2n) is 9.61. The van der Waals surface area contributed by atoms with Gasteiger partial charge in [-0.05, 0) is 76.4 Å². The molecule has 4 nitrogen and oxygen atoms in total. The Bertz CT molecular complexity index is 875. The van der Waals surface area contributed by atoms with Crippen molar-refractivity contribution in [2.75, 3.05) is 0 Å². The predicted octanol–water partition coefficient (Wildman–Crippen LogP) is 4.50. The van der Waals surface area contributed by atoms with Gasteiger partial charge in [-0.1, -0.05) is 30.2 Å². The van der Waals surface area contributed by atoms with Gasteiger partial charge in [-0.15, -0.1) is 0 Å². The molecule has 5 atom stereocenters. The maximum Gasteiger partial charge on any atom is 0.303 e. The highest BCUT2D eigenvalue weighted by atomic mass is 16.6. The smallest absolute Gasteiger partial charge is 0.303 e. The molecule has 0 amide bonds. The number of carbonyl (C=O) groups is 3. The van der Waals surface area contributed by atoms with E-state index in [4.69, 9.17) is 4.74 Å². The Hall–Kier alpha value is -1.97. The summed E-state index contributed by atoms with van der Waals surface area (Å²) < 4.78 is 5.79. The third kappa shape index (κ3) is 2.33. The van der Waals surface area contributed by atoms with Crippen LogP contribution in [0.3, 0.4) is 0 Å². The van der Waals surface area contributed by atoms with Crippen LogP contribution in [0, 0.1) is 22.7 Å². The Morgan fingerprint density at radius 1 is 1.18 bits per heavy atom. The van der Waals surface area contributed by atoms with Crippen LogP contribution in [0.2, 0.25) is 0 Å². The summed E-state index contributed by atoms with van der Waals surface area (Å²) in [6.07, 6.45) is 10.4. The first-order valence-electron chi connectivity index (χ1n) is 10.4. The van der Waals surface area contributed by atoms with Gasteiger partial charge < -0.3 is 4.74 Å². The van der Waals surface area contributed by atoms with Gasteiger partial charge >= 0.3 is 5.97 Å². The van der Waals surface area contributed by atoms with Crippen molar-refractivity contribution in [3.63, 3.8) is 0 Å². The molecule has 2 fully saturated rings. The fraction of sp³-hybridized carbons (Fsp3) is 0.625. The van der Waals surface area contributed by atoms with Crippen molar-refractivity contribution in [2.24, 2.45) is 22.7 Å². The van der Waals surface area contributed by atoms with Gasteiger partial charge in [0, 0.05) is 17.8 Å². The topological polar surface area (TPSA) is 60.4 Å². The van der Waals surface area contributed by atoms with E-state index in [1.54, 1.807) is 6.92 Å². The van der Waals surface area contributed by atoms with E-state index < -0.39 is 5.60 Å². The first-order valence-corrected chi connectivity index (χ1v) is 10.4. The van der Waals surface area contributed by atoms with Gasteiger partial charge in [0.1, 0.15) is 0 Å². The van der Waals surface area contributed by atoms with Crippen LogP contribution in [-0.2, 0) is 19.1 Å². The quantitative estimate of drug-likeness (QED) is 0.521. The van der Waals surface area contributed by atoms with Crippen LogP contribution in [0.4, 0.5) is 0 Å². The first-order chi connectivity index (χ1) is 13.0. The minimum Gasteiger partial charge on any atom is -0.451 e. The van der Waals surface area contributed by atoms with Crippen molar-refractivity contribution >= 4 is 17.5 Å². The normalized spacial score (nSPS) is 41.8. The zero-order valence-corrected chi connectivity index (χ0v) is 17.6. The summed E-state index contributed by atoms with van der Waals surface area (Å²) in [5.74, 6) is 0.372. The van der Waals surface area contributed by atoms with Gasteiger partial charge in [-0.2, -0.15) is 0 Å². The van der Waals surface area contributed by atoms with Gasteiger partial charge in [0.15, 0.2) is 17.2 Å². The molecule has 0 saturated heterocycles. The molecule has 0 N–H and O–H groups in total. The van der Waals surface area contributed by atoms with Crippen molar-refractivity contribution in [1.29, 1.82) is 0 Å². The van der Waals surface area contributed by atoms with Crippen LogP contribution in [0.5, 0.6) is 0 Å². The molecule has 4 heteroatoms. The predicted molar refractivity (Wildman–Crippen MR) is 106 cm³/mol. The number of hydrogen-bond acceptors (Lipinski definition) is 4. The molecule has 0 aromatic heterocycles. The molecule has 28 heavy (non-hydrogen) atoms. The van der Waals surface area contributed by atoms with Crippen LogP contribution in [0.1, 0.15) is 66.7 Å². The number of hydrogen-bond donors (Lipinski definition) is 0. The summed E-state index contributed by atoms with van der Waals surface area (Å²) in [6.45, 7) is 9.24. The van der Waals surface area contributed by atoms with Crippen molar-refractivity contribution < 1.29 is 19.1 Å². The van der Waals surface area contributed by atoms with E-state index >= 15 is 0 Å². The maximum atomic E-state index is 12.7. The molecule has 0 aromatic carbocycles. The van der Waals surface area contributed by atoms with Crippen molar-refractivity contribution in [3.05, 3.63) is 34.9 Å². The monoisotopic (exact) mass is 382 g/mol. The highest BCUT2D eigenvalue weighted by Crippen LogP contribution is 2.66. The molecule has 0 unspecified atom stereocenters. The largest absolute Gasteiger partial charge is 0.451 e. The fourth-order valence-corrected chi connectivity index (χ4v) is 6.86. The molecule has 4 aliphatic rings. The Morgan fingerprint density at radius 2 is 1.89 bits per heavy atom. The first kappa shape index (κ1) is 19.4. The Balaban J connectivity index is 1.80. The van der Waals surface area contributed by atoms with Gasteiger partial charge in [0.05, 0.1) is 0 Å². The van der Waals surface area contributed by atoms with E-state index in [0.29, 0.717) is 18.3 Å². The Kier molecular flexibility index (Phi) is 4.16. The number of carbonyl (C=O) groups excluding carboxylic acids is 3.